The van der Waals surface area contributed by atoms with Gasteiger partial charge in [-0.15, -0.1) is 0 Å². The third-order valence-corrected chi connectivity index (χ3v) is 6.95. The first-order valence-corrected chi connectivity index (χ1v) is 13.7. The molecule has 4 amide bonds. The Hall–Kier alpha value is -5.68. The fourth-order valence-corrected chi connectivity index (χ4v) is 4.66. The van der Waals surface area contributed by atoms with Gasteiger partial charge in [-0.3, -0.25) is 34.2 Å². The Labute approximate surface area is 253 Å². The second-order valence-electron chi connectivity index (χ2n) is 10.1. The average molecular weight is 594 g/mol. The highest BCUT2D eigenvalue weighted by Gasteiger charge is 2.36. The van der Waals surface area contributed by atoms with Gasteiger partial charge in [0.25, 0.3) is 5.69 Å². The number of rotatable bonds is 12. The van der Waals surface area contributed by atoms with E-state index in [1.807, 2.05) is 0 Å². The molecule has 0 saturated heterocycles. The van der Waals surface area contributed by atoms with Crippen molar-refractivity contribution < 1.29 is 24.1 Å². The van der Waals surface area contributed by atoms with E-state index in [0.29, 0.717) is 22.3 Å². The number of nitro benzene ring substituents is 1. The number of primary amides is 1. The topological polar surface area (TPSA) is 179 Å². The summed E-state index contributed by atoms with van der Waals surface area (Å²) < 4.78 is 0. The summed E-state index contributed by atoms with van der Waals surface area (Å²) in [6.45, 7) is -0.00998. The summed E-state index contributed by atoms with van der Waals surface area (Å²) in [4.78, 5) is 64.9. The molecule has 4 aromatic rings. The van der Waals surface area contributed by atoms with Crippen LogP contribution in [0.1, 0.15) is 39.9 Å². The number of nitrogens with zero attached hydrogens (tertiary/aromatic N) is 2. The van der Waals surface area contributed by atoms with Gasteiger partial charge in [0, 0.05) is 18.7 Å². The number of nitrogens with one attached hydrogen (secondary N) is 1. The van der Waals surface area contributed by atoms with E-state index in [9.17, 15) is 29.3 Å². The molecule has 4 rings (SSSR count). The maximum atomic E-state index is 13.9. The summed E-state index contributed by atoms with van der Waals surface area (Å²) in [5, 5.41) is 14.4. The lowest BCUT2D eigenvalue weighted by atomic mass is 10.00. The number of imide groups is 1. The van der Waals surface area contributed by atoms with Crippen molar-refractivity contribution in [3.8, 4) is 0 Å². The molecule has 2 unspecified atom stereocenters. The van der Waals surface area contributed by atoms with Gasteiger partial charge in [-0.05, 0) is 27.8 Å². The van der Waals surface area contributed by atoms with Gasteiger partial charge in [-0.25, -0.2) is 0 Å². The quantitative estimate of drug-likeness (QED) is 0.167. The van der Waals surface area contributed by atoms with Crippen molar-refractivity contribution in [3.05, 3.63) is 147 Å². The first-order chi connectivity index (χ1) is 21.1. The number of benzene rings is 4. The van der Waals surface area contributed by atoms with E-state index in [1.54, 1.807) is 84.9 Å². The van der Waals surface area contributed by atoms with Crippen molar-refractivity contribution in [1.29, 1.82) is 0 Å². The van der Waals surface area contributed by atoms with Crippen LogP contribution in [0.2, 0.25) is 0 Å². The van der Waals surface area contributed by atoms with Crippen LogP contribution in [0.5, 0.6) is 0 Å². The Kier molecular flexibility index (Phi) is 10.3. The van der Waals surface area contributed by atoms with Crippen LogP contribution in [0, 0.1) is 10.1 Å². The Bertz CT molecular complexity index is 1590. The van der Waals surface area contributed by atoms with E-state index < -0.39 is 40.6 Å². The van der Waals surface area contributed by atoms with Crippen LogP contribution in [-0.2, 0) is 38.6 Å². The minimum Gasteiger partial charge on any atom is -0.368 e. The predicted octanol–water partition coefficient (Wildman–Crippen LogP) is 3.28. The monoisotopic (exact) mass is 593 g/mol. The molecule has 11 heteroatoms. The lowest BCUT2D eigenvalue weighted by Crippen LogP contribution is -2.48. The summed E-state index contributed by atoms with van der Waals surface area (Å²) in [5.74, 6) is -2.69. The van der Waals surface area contributed by atoms with Crippen LogP contribution >= 0.6 is 0 Å². The highest BCUT2D eigenvalue weighted by atomic mass is 16.6. The van der Waals surface area contributed by atoms with Crippen molar-refractivity contribution in [1.82, 2.24) is 10.2 Å². The minimum atomic E-state index is -1.51. The van der Waals surface area contributed by atoms with Gasteiger partial charge in [0.1, 0.15) is 12.1 Å². The fraction of sp³-hybridized carbons (Fsp3) is 0.152. The van der Waals surface area contributed by atoms with Crippen molar-refractivity contribution in [3.63, 3.8) is 0 Å². The molecule has 0 saturated carbocycles. The molecule has 0 aromatic heterocycles. The van der Waals surface area contributed by atoms with Gasteiger partial charge in [0.05, 0.1) is 17.8 Å². The summed E-state index contributed by atoms with van der Waals surface area (Å²) in [6, 6.07) is 26.9. The number of nitrogens with two attached hydrogens (primary N) is 2. The molecule has 0 heterocycles. The van der Waals surface area contributed by atoms with Crippen molar-refractivity contribution in [2.45, 2.75) is 31.5 Å². The summed E-state index contributed by atoms with van der Waals surface area (Å²) >= 11 is 0. The molecule has 0 spiro atoms. The maximum absolute atomic E-state index is 13.9. The van der Waals surface area contributed by atoms with Crippen molar-refractivity contribution >= 4 is 29.3 Å². The Morgan fingerprint density at radius 1 is 0.727 bits per heavy atom. The Morgan fingerprint density at radius 2 is 1.27 bits per heavy atom. The Balaban J connectivity index is 1.70. The number of nitro groups is 1. The van der Waals surface area contributed by atoms with E-state index in [1.165, 1.54) is 24.3 Å². The molecule has 5 N–H and O–H groups in total. The zero-order chi connectivity index (χ0) is 31.6. The highest BCUT2D eigenvalue weighted by Crippen LogP contribution is 2.27. The van der Waals surface area contributed by atoms with Crippen LogP contribution in [0.3, 0.4) is 0 Å². The van der Waals surface area contributed by atoms with E-state index in [0.717, 1.165) is 4.90 Å². The highest BCUT2D eigenvalue weighted by molar-refractivity contribution is 6.02. The van der Waals surface area contributed by atoms with Gasteiger partial charge in [-0.1, -0.05) is 97.1 Å². The van der Waals surface area contributed by atoms with Gasteiger partial charge in [-0.2, -0.15) is 0 Å². The third-order valence-electron chi connectivity index (χ3n) is 6.95. The summed E-state index contributed by atoms with van der Waals surface area (Å²) in [7, 11) is 0. The van der Waals surface area contributed by atoms with Crippen LogP contribution in [0.4, 0.5) is 5.69 Å². The number of carbonyl (C=O) groups excluding carboxylic acids is 4. The van der Waals surface area contributed by atoms with Crippen molar-refractivity contribution in [2.24, 2.45) is 11.5 Å². The number of hydrogen-bond acceptors (Lipinski definition) is 7. The van der Waals surface area contributed by atoms with Crippen LogP contribution in [0.25, 0.3) is 0 Å². The smallest absolute Gasteiger partial charge is 0.269 e. The van der Waals surface area contributed by atoms with Gasteiger partial charge < -0.3 is 16.8 Å². The maximum Gasteiger partial charge on any atom is 0.269 e. The Morgan fingerprint density at radius 3 is 1.77 bits per heavy atom. The molecule has 0 bridgehead atoms. The third kappa shape index (κ3) is 7.99. The molecule has 11 nitrogen and oxygen atoms in total. The molecule has 224 valence electrons. The second-order valence-corrected chi connectivity index (χ2v) is 10.1. The van der Waals surface area contributed by atoms with Gasteiger partial charge in [0.15, 0.2) is 0 Å². The summed E-state index contributed by atoms with van der Waals surface area (Å²) in [6.07, 6.45) is -0.358. The van der Waals surface area contributed by atoms with E-state index in [-0.39, 0.29) is 30.6 Å². The normalized spacial score (nSPS) is 12.0. The average Bonchev–Trinajstić information content (AvgIpc) is 3.03. The molecular formula is C33H31N5O6. The molecule has 44 heavy (non-hydrogen) atoms. The molecule has 0 aliphatic carbocycles. The van der Waals surface area contributed by atoms with Crippen LogP contribution in [0.15, 0.2) is 109 Å². The molecule has 4 aromatic carbocycles. The van der Waals surface area contributed by atoms with Crippen molar-refractivity contribution in [2.75, 3.05) is 0 Å². The lowest BCUT2D eigenvalue weighted by Gasteiger charge is -2.30. The fourth-order valence-electron chi connectivity index (χ4n) is 4.66. The molecular weight excluding hydrogens is 562 g/mol. The first-order valence-electron chi connectivity index (χ1n) is 13.7. The molecule has 0 fully saturated rings. The van der Waals surface area contributed by atoms with Crippen LogP contribution in [-0.4, -0.2) is 33.5 Å². The zero-order valence-electron chi connectivity index (χ0n) is 23.7. The molecule has 0 aliphatic rings. The second kappa shape index (κ2) is 14.5. The minimum absolute atomic E-state index is 0.00998. The molecule has 0 aliphatic heterocycles. The number of non-ortho nitro benzene ring substituents is 1. The largest absolute Gasteiger partial charge is 0.368 e. The molecule has 2 atom stereocenters. The number of hydrogen-bond donors (Lipinski definition) is 3. The number of amides is 4. The standard InChI is InChI=1S/C33H31N5O6/c34-30(32(35)41)25-16-14-24(15-17-25)21-36-33(42)31(26-12-7-13-27(20-26)38(43)44)37(28(39)18-22-8-3-1-4-9-22)29(40)19-23-10-5-2-6-11-23/h1-17,20,30-31H,18-19,21,34H2,(H2,35,41)(H,36,42). The zero-order valence-corrected chi connectivity index (χ0v) is 23.7. The van der Waals surface area contributed by atoms with Gasteiger partial charge in [0.2, 0.25) is 23.6 Å². The van der Waals surface area contributed by atoms with E-state index in [4.69, 9.17) is 11.5 Å². The predicted molar refractivity (Wildman–Crippen MR) is 162 cm³/mol. The van der Waals surface area contributed by atoms with Gasteiger partial charge >= 0.3 is 0 Å². The van der Waals surface area contributed by atoms with Crippen LogP contribution < -0.4 is 16.8 Å². The van der Waals surface area contributed by atoms with E-state index in [2.05, 4.69) is 5.32 Å². The first kappa shape index (κ1) is 31.3. The SMILES string of the molecule is NC(=O)C(N)c1ccc(CNC(=O)C(c2cccc([N+](=O)[O-])c2)N(C(=O)Cc2ccccc2)C(=O)Cc2ccccc2)cc1. The number of carbonyl (C=O) groups is 4. The summed E-state index contributed by atoms with van der Waals surface area (Å²) in [5.41, 5.74) is 13.2. The lowest BCUT2D eigenvalue weighted by molar-refractivity contribution is -0.384. The van der Waals surface area contributed by atoms with E-state index >= 15 is 0 Å². The molecule has 0 radical (unpaired) electrons.